The second kappa shape index (κ2) is 9.15. The Morgan fingerprint density at radius 3 is 2.17 bits per heavy atom. The Hall–Kier alpha value is -3.71. The highest BCUT2D eigenvalue weighted by atomic mass is 79.9. The van der Waals surface area contributed by atoms with Gasteiger partial charge in [0.1, 0.15) is 18.0 Å². The molecule has 0 aliphatic carbocycles. The van der Waals surface area contributed by atoms with E-state index < -0.39 is 0 Å². The highest BCUT2D eigenvalue weighted by Crippen LogP contribution is 2.37. The van der Waals surface area contributed by atoms with Crippen LogP contribution in [0, 0.1) is 5.82 Å². The summed E-state index contributed by atoms with van der Waals surface area (Å²) >= 11 is 3.53. The molecule has 1 aliphatic heterocycles. The number of nitrogens with zero attached hydrogens (tertiary/aromatic N) is 5. The SMILES string of the molecule is Fc1ccccc1N1CCN(c2ncnc3c2c(-c2ccccc2)cn3-c2ccc(Br)cc2)CC1. The van der Waals surface area contributed by atoms with Gasteiger partial charge < -0.3 is 14.4 Å². The molecule has 174 valence electrons. The third-order valence-corrected chi connectivity index (χ3v) is 7.05. The van der Waals surface area contributed by atoms with Crippen molar-refractivity contribution < 1.29 is 4.39 Å². The first kappa shape index (κ1) is 21.8. The van der Waals surface area contributed by atoms with E-state index in [0.29, 0.717) is 5.69 Å². The second-order valence-electron chi connectivity index (χ2n) is 8.58. The Bertz CT molecular complexity index is 1480. The summed E-state index contributed by atoms with van der Waals surface area (Å²) in [4.78, 5) is 13.9. The maximum atomic E-state index is 14.4. The van der Waals surface area contributed by atoms with Crippen LogP contribution in [-0.2, 0) is 0 Å². The van der Waals surface area contributed by atoms with Crippen molar-refractivity contribution in [1.29, 1.82) is 0 Å². The predicted octanol–water partition coefficient (Wildman–Crippen LogP) is 6.32. The number of benzene rings is 3. The fourth-order valence-corrected chi connectivity index (χ4v) is 5.05. The summed E-state index contributed by atoms with van der Waals surface area (Å²) in [6, 6.07) is 25.6. The van der Waals surface area contributed by atoms with E-state index in [1.807, 2.05) is 30.3 Å². The molecule has 0 unspecified atom stereocenters. The van der Waals surface area contributed by atoms with Crippen LogP contribution in [0.15, 0.2) is 95.9 Å². The fraction of sp³-hybridized carbons (Fsp3) is 0.143. The maximum absolute atomic E-state index is 14.4. The van der Waals surface area contributed by atoms with Crippen molar-refractivity contribution in [3.8, 4) is 16.8 Å². The van der Waals surface area contributed by atoms with E-state index in [1.165, 1.54) is 6.07 Å². The molecule has 6 rings (SSSR count). The standard InChI is InChI=1S/C28H23BrFN5/c29-21-10-12-22(13-11-21)35-18-23(20-6-2-1-3-7-20)26-27(31-19-32-28(26)35)34-16-14-33(15-17-34)25-9-5-4-8-24(25)30/h1-13,18-19H,14-17H2. The molecule has 1 saturated heterocycles. The first-order chi connectivity index (χ1) is 17.2. The van der Waals surface area contributed by atoms with E-state index in [0.717, 1.165) is 64.3 Å². The second-order valence-corrected chi connectivity index (χ2v) is 9.49. The van der Waals surface area contributed by atoms with Gasteiger partial charge in [-0.05, 0) is 42.0 Å². The molecule has 3 heterocycles. The zero-order valence-electron chi connectivity index (χ0n) is 19.0. The normalized spacial score (nSPS) is 14.0. The Labute approximate surface area is 211 Å². The summed E-state index contributed by atoms with van der Waals surface area (Å²) < 4.78 is 17.5. The molecule has 7 heteroatoms. The topological polar surface area (TPSA) is 37.2 Å². The maximum Gasteiger partial charge on any atom is 0.150 e. The van der Waals surface area contributed by atoms with E-state index in [1.54, 1.807) is 12.4 Å². The van der Waals surface area contributed by atoms with Crippen molar-refractivity contribution in [2.45, 2.75) is 0 Å². The first-order valence-electron chi connectivity index (χ1n) is 11.6. The molecule has 0 saturated carbocycles. The molecule has 0 radical (unpaired) electrons. The number of fused-ring (bicyclic) bond motifs is 1. The smallest absolute Gasteiger partial charge is 0.150 e. The van der Waals surface area contributed by atoms with Crippen LogP contribution in [0.2, 0.25) is 0 Å². The summed E-state index contributed by atoms with van der Waals surface area (Å²) in [5.74, 6) is 0.737. The molecule has 0 amide bonds. The van der Waals surface area contributed by atoms with Crippen LogP contribution in [0.4, 0.5) is 15.9 Å². The highest BCUT2D eigenvalue weighted by Gasteiger charge is 2.25. The van der Waals surface area contributed by atoms with Crippen LogP contribution >= 0.6 is 15.9 Å². The zero-order chi connectivity index (χ0) is 23.8. The van der Waals surface area contributed by atoms with Gasteiger partial charge in [-0.3, -0.25) is 0 Å². The average Bonchev–Trinajstić information content (AvgIpc) is 3.30. The largest absolute Gasteiger partial charge is 0.366 e. The minimum absolute atomic E-state index is 0.177. The van der Waals surface area contributed by atoms with E-state index >= 15 is 0 Å². The Kier molecular flexibility index (Phi) is 5.70. The fourth-order valence-electron chi connectivity index (χ4n) is 4.79. The van der Waals surface area contributed by atoms with Gasteiger partial charge in [0.05, 0.1) is 11.1 Å². The summed E-state index contributed by atoms with van der Waals surface area (Å²) in [6.45, 7) is 2.94. The van der Waals surface area contributed by atoms with Crippen molar-refractivity contribution in [3.63, 3.8) is 0 Å². The van der Waals surface area contributed by atoms with Gasteiger partial charge in [0.25, 0.3) is 0 Å². The van der Waals surface area contributed by atoms with E-state index in [4.69, 9.17) is 9.97 Å². The third kappa shape index (κ3) is 4.06. The summed E-state index contributed by atoms with van der Waals surface area (Å²) in [7, 11) is 0. The number of hydrogen-bond donors (Lipinski definition) is 0. The van der Waals surface area contributed by atoms with Crippen molar-refractivity contribution in [2.24, 2.45) is 0 Å². The van der Waals surface area contributed by atoms with Gasteiger partial charge in [-0.15, -0.1) is 0 Å². The molecule has 1 fully saturated rings. The molecule has 5 nitrogen and oxygen atoms in total. The zero-order valence-corrected chi connectivity index (χ0v) is 20.6. The average molecular weight is 528 g/mol. The van der Waals surface area contributed by atoms with Crippen molar-refractivity contribution >= 4 is 38.5 Å². The van der Waals surface area contributed by atoms with Crippen molar-refractivity contribution in [3.05, 3.63) is 102 Å². The van der Waals surface area contributed by atoms with E-state index in [2.05, 4.69) is 72.9 Å². The van der Waals surface area contributed by atoms with Gasteiger partial charge in [0, 0.05) is 48.1 Å². The quantitative estimate of drug-likeness (QED) is 0.274. The minimum Gasteiger partial charge on any atom is -0.366 e. The molecule has 0 atom stereocenters. The summed E-state index contributed by atoms with van der Waals surface area (Å²) in [6.07, 6.45) is 3.79. The van der Waals surface area contributed by atoms with Gasteiger partial charge >= 0.3 is 0 Å². The number of halogens is 2. The van der Waals surface area contributed by atoms with Crippen LogP contribution in [-0.4, -0.2) is 40.7 Å². The van der Waals surface area contributed by atoms with Crippen LogP contribution in [0.25, 0.3) is 27.8 Å². The van der Waals surface area contributed by atoms with Crippen LogP contribution in [0.3, 0.4) is 0 Å². The number of aromatic nitrogens is 3. The van der Waals surface area contributed by atoms with Gasteiger partial charge in [-0.2, -0.15) is 0 Å². The van der Waals surface area contributed by atoms with Crippen molar-refractivity contribution in [1.82, 2.24) is 14.5 Å². The molecule has 0 bridgehead atoms. The molecular formula is C28H23BrFN5. The van der Waals surface area contributed by atoms with Gasteiger partial charge in [-0.25, -0.2) is 14.4 Å². The number of anilines is 2. The van der Waals surface area contributed by atoms with Gasteiger partial charge in [0.2, 0.25) is 0 Å². The number of hydrogen-bond acceptors (Lipinski definition) is 4. The predicted molar refractivity (Wildman–Crippen MR) is 143 cm³/mol. The lowest BCUT2D eigenvalue weighted by atomic mass is 10.1. The lowest BCUT2D eigenvalue weighted by Crippen LogP contribution is -2.47. The number of para-hydroxylation sites is 1. The lowest BCUT2D eigenvalue weighted by molar-refractivity contribution is 0.596. The highest BCUT2D eigenvalue weighted by molar-refractivity contribution is 9.10. The Balaban J connectivity index is 1.43. The monoisotopic (exact) mass is 527 g/mol. The molecule has 1 aliphatic rings. The van der Waals surface area contributed by atoms with Crippen LogP contribution in [0.5, 0.6) is 0 Å². The van der Waals surface area contributed by atoms with Crippen LogP contribution in [0.1, 0.15) is 0 Å². The number of piperazine rings is 1. The molecule has 0 N–H and O–H groups in total. The molecular weight excluding hydrogens is 505 g/mol. The Morgan fingerprint density at radius 2 is 1.43 bits per heavy atom. The molecule has 5 aromatic rings. The molecule has 2 aromatic heterocycles. The minimum atomic E-state index is -0.177. The summed E-state index contributed by atoms with van der Waals surface area (Å²) in [5.41, 5.74) is 4.78. The van der Waals surface area contributed by atoms with Crippen LogP contribution < -0.4 is 9.80 Å². The first-order valence-corrected chi connectivity index (χ1v) is 12.4. The number of rotatable bonds is 4. The molecule has 3 aromatic carbocycles. The third-order valence-electron chi connectivity index (χ3n) is 6.52. The lowest BCUT2D eigenvalue weighted by Gasteiger charge is -2.37. The van der Waals surface area contributed by atoms with E-state index in [-0.39, 0.29) is 5.82 Å². The molecule has 35 heavy (non-hydrogen) atoms. The van der Waals surface area contributed by atoms with E-state index in [9.17, 15) is 4.39 Å². The van der Waals surface area contributed by atoms with Gasteiger partial charge in [0.15, 0.2) is 5.65 Å². The summed E-state index contributed by atoms with van der Waals surface area (Å²) in [5, 5.41) is 1.03. The van der Waals surface area contributed by atoms with Crippen molar-refractivity contribution in [2.75, 3.05) is 36.0 Å². The molecule has 0 spiro atoms. The van der Waals surface area contributed by atoms with Gasteiger partial charge in [-0.1, -0.05) is 58.4 Å². The Morgan fingerprint density at radius 1 is 0.743 bits per heavy atom.